The van der Waals surface area contributed by atoms with Crippen LogP contribution in [0.4, 0.5) is 14.6 Å². The summed E-state index contributed by atoms with van der Waals surface area (Å²) in [5.41, 5.74) is 1.75. The average Bonchev–Trinajstić information content (AvgIpc) is 2.52. The maximum Gasteiger partial charge on any atom is 0.133 e. The van der Waals surface area contributed by atoms with E-state index in [0.717, 1.165) is 49.1 Å². The smallest absolute Gasteiger partial charge is 0.133 e. The normalized spacial score (nSPS) is 15.1. The van der Waals surface area contributed by atoms with E-state index < -0.39 is 17.7 Å². The molecule has 1 atom stereocenters. The lowest BCUT2D eigenvalue weighted by molar-refractivity contribution is 0.181. The fourth-order valence-electron chi connectivity index (χ4n) is 2.99. The number of benzene rings is 1. The quantitative estimate of drug-likeness (QED) is 0.909. The third-order valence-corrected chi connectivity index (χ3v) is 4.09. The van der Waals surface area contributed by atoms with Crippen molar-refractivity contribution in [3.05, 3.63) is 52.5 Å². The van der Waals surface area contributed by atoms with Crippen LogP contribution in [0.1, 0.15) is 41.6 Å². The summed E-state index contributed by atoms with van der Waals surface area (Å²) in [6, 6.07) is 3.55. The Kier molecular flexibility index (Phi) is 4.52. The maximum atomic E-state index is 13.7. The Morgan fingerprint density at radius 2 is 1.87 bits per heavy atom. The Hall–Kier alpha value is -2.08. The number of rotatable bonds is 4. The van der Waals surface area contributed by atoms with Gasteiger partial charge in [0.2, 0.25) is 0 Å². The summed E-state index contributed by atoms with van der Waals surface area (Å²) in [6.45, 7) is 1.80. The van der Waals surface area contributed by atoms with Gasteiger partial charge in [0.05, 0.1) is 5.56 Å². The van der Waals surface area contributed by atoms with Gasteiger partial charge in [0.15, 0.2) is 0 Å². The van der Waals surface area contributed by atoms with Crippen molar-refractivity contribution in [2.75, 3.05) is 11.9 Å². The average molecular weight is 319 g/mol. The van der Waals surface area contributed by atoms with Gasteiger partial charge >= 0.3 is 0 Å². The van der Waals surface area contributed by atoms with Gasteiger partial charge in [-0.3, -0.25) is 0 Å². The topological polar surface area (TPSA) is 58.0 Å². The first-order valence-corrected chi connectivity index (χ1v) is 7.78. The Morgan fingerprint density at radius 3 is 2.61 bits per heavy atom. The van der Waals surface area contributed by atoms with Crippen LogP contribution >= 0.6 is 0 Å². The Morgan fingerprint density at radius 1 is 1.17 bits per heavy atom. The molecule has 122 valence electrons. The molecule has 1 aromatic heterocycles. The van der Waals surface area contributed by atoms with E-state index >= 15 is 0 Å². The third kappa shape index (κ3) is 3.32. The van der Waals surface area contributed by atoms with Crippen LogP contribution in [0.3, 0.4) is 0 Å². The van der Waals surface area contributed by atoms with Gasteiger partial charge in [-0.2, -0.15) is 0 Å². The van der Waals surface area contributed by atoms with Crippen LogP contribution in [0.2, 0.25) is 0 Å². The number of halogens is 2. The molecule has 0 spiro atoms. The Labute approximate surface area is 133 Å². The lowest BCUT2D eigenvalue weighted by Crippen LogP contribution is -2.19. The number of aromatic nitrogens is 2. The van der Waals surface area contributed by atoms with E-state index in [1.807, 2.05) is 6.92 Å². The number of hydrogen-bond donors (Lipinski definition) is 2. The summed E-state index contributed by atoms with van der Waals surface area (Å²) in [4.78, 5) is 8.83. The molecule has 1 unspecified atom stereocenters. The summed E-state index contributed by atoms with van der Waals surface area (Å²) in [5, 5.41) is 13.2. The molecule has 2 aromatic rings. The van der Waals surface area contributed by atoms with Crippen LogP contribution in [-0.4, -0.2) is 21.6 Å². The van der Waals surface area contributed by atoms with Crippen molar-refractivity contribution in [1.82, 2.24) is 9.97 Å². The van der Waals surface area contributed by atoms with Crippen molar-refractivity contribution < 1.29 is 13.9 Å². The highest BCUT2D eigenvalue weighted by Crippen LogP contribution is 2.27. The number of aryl methyl sites for hydroxylation is 2. The number of nitrogens with zero attached hydrogens (tertiary/aromatic N) is 2. The molecule has 1 aliphatic rings. The monoisotopic (exact) mass is 319 g/mol. The minimum absolute atomic E-state index is 0.0131. The second kappa shape index (κ2) is 6.58. The van der Waals surface area contributed by atoms with Gasteiger partial charge in [-0.1, -0.05) is 6.07 Å². The summed E-state index contributed by atoms with van der Waals surface area (Å²) in [7, 11) is 0. The first-order valence-electron chi connectivity index (χ1n) is 7.78. The molecule has 0 saturated heterocycles. The van der Waals surface area contributed by atoms with Crippen molar-refractivity contribution >= 4 is 5.82 Å². The second-order valence-corrected chi connectivity index (χ2v) is 5.78. The molecule has 3 rings (SSSR count). The number of hydrogen-bond acceptors (Lipinski definition) is 4. The van der Waals surface area contributed by atoms with Crippen molar-refractivity contribution in [2.24, 2.45) is 0 Å². The van der Waals surface area contributed by atoms with Crippen molar-refractivity contribution in [1.29, 1.82) is 0 Å². The largest absolute Gasteiger partial charge is 0.386 e. The second-order valence-electron chi connectivity index (χ2n) is 5.78. The predicted octanol–water partition coefficient (Wildman–Crippen LogP) is 3.09. The van der Waals surface area contributed by atoms with Gasteiger partial charge < -0.3 is 10.4 Å². The lowest BCUT2D eigenvalue weighted by Gasteiger charge is -2.20. The molecule has 0 radical (unpaired) electrons. The van der Waals surface area contributed by atoms with Gasteiger partial charge in [0, 0.05) is 17.8 Å². The summed E-state index contributed by atoms with van der Waals surface area (Å²) < 4.78 is 27.4. The van der Waals surface area contributed by atoms with Gasteiger partial charge in [0.1, 0.15) is 29.4 Å². The van der Waals surface area contributed by atoms with Crippen LogP contribution in [0.5, 0.6) is 0 Å². The molecule has 0 amide bonds. The molecule has 2 N–H and O–H groups in total. The molecule has 4 nitrogen and oxygen atoms in total. The van der Waals surface area contributed by atoms with Crippen molar-refractivity contribution in [2.45, 2.75) is 38.7 Å². The zero-order valence-electron chi connectivity index (χ0n) is 12.9. The first-order chi connectivity index (χ1) is 11.1. The minimum Gasteiger partial charge on any atom is -0.386 e. The van der Waals surface area contributed by atoms with Crippen molar-refractivity contribution in [3.8, 4) is 0 Å². The lowest BCUT2D eigenvalue weighted by atomic mass is 9.96. The molecule has 1 heterocycles. The van der Waals surface area contributed by atoms with Crippen LogP contribution in [-0.2, 0) is 12.8 Å². The molecule has 0 saturated carbocycles. The fourth-order valence-corrected chi connectivity index (χ4v) is 2.99. The first kappa shape index (κ1) is 15.8. The number of fused-ring (bicyclic) bond motifs is 1. The highest BCUT2D eigenvalue weighted by molar-refractivity contribution is 5.48. The van der Waals surface area contributed by atoms with E-state index in [1.165, 1.54) is 6.07 Å². The molecular formula is C17H19F2N3O. The number of nitrogens with one attached hydrogen (secondary N) is 1. The highest BCUT2D eigenvalue weighted by atomic mass is 19.1. The molecule has 0 aliphatic heterocycles. The molecule has 23 heavy (non-hydrogen) atoms. The molecule has 1 aliphatic carbocycles. The summed E-state index contributed by atoms with van der Waals surface area (Å²) in [6.07, 6.45) is 2.68. The van der Waals surface area contributed by atoms with E-state index in [1.54, 1.807) is 0 Å². The third-order valence-electron chi connectivity index (χ3n) is 4.09. The van der Waals surface area contributed by atoms with E-state index in [-0.39, 0.29) is 12.1 Å². The van der Waals surface area contributed by atoms with Gasteiger partial charge in [-0.25, -0.2) is 18.7 Å². The van der Waals surface area contributed by atoms with Crippen LogP contribution < -0.4 is 5.32 Å². The zero-order chi connectivity index (χ0) is 16.4. The summed E-state index contributed by atoms with van der Waals surface area (Å²) in [5.74, 6) is -0.192. The molecular weight excluding hydrogens is 300 g/mol. The molecule has 1 aromatic carbocycles. The Balaban J connectivity index is 1.80. The fraction of sp³-hybridized carbons (Fsp3) is 0.412. The maximum absolute atomic E-state index is 13.7. The van der Waals surface area contributed by atoms with E-state index in [2.05, 4.69) is 15.3 Å². The highest BCUT2D eigenvalue weighted by Gasteiger charge is 2.20. The van der Waals surface area contributed by atoms with Crippen LogP contribution in [0.25, 0.3) is 0 Å². The molecule has 6 heteroatoms. The minimum atomic E-state index is -1.29. The van der Waals surface area contributed by atoms with E-state index in [9.17, 15) is 13.9 Å². The van der Waals surface area contributed by atoms with E-state index in [0.29, 0.717) is 11.6 Å². The number of aliphatic hydroxyl groups is 1. The van der Waals surface area contributed by atoms with Gasteiger partial charge in [0.25, 0.3) is 0 Å². The number of aliphatic hydroxyl groups excluding tert-OH is 1. The molecule has 0 fully saturated rings. The van der Waals surface area contributed by atoms with Crippen LogP contribution in [0.15, 0.2) is 18.2 Å². The Bertz CT molecular complexity index is 701. The van der Waals surface area contributed by atoms with Crippen molar-refractivity contribution in [3.63, 3.8) is 0 Å². The molecule has 0 bridgehead atoms. The standard InChI is InChI=1S/C17H19F2N3O/c1-10-21-14-8-3-2-5-11(14)17(22-10)20-9-15(23)16-12(18)6-4-7-13(16)19/h4,6-7,15,23H,2-3,5,8-9H2,1H3,(H,20,21,22). The van der Waals surface area contributed by atoms with Gasteiger partial charge in [-0.05, 0) is 44.7 Å². The van der Waals surface area contributed by atoms with Crippen LogP contribution in [0, 0.1) is 18.6 Å². The summed E-state index contributed by atoms with van der Waals surface area (Å²) >= 11 is 0. The number of anilines is 1. The SMILES string of the molecule is Cc1nc2c(c(NCC(O)c3c(F)cccc3F)n1)CCCC2. The van der Waals surface area contributed by atoms with E-state index in [4.69, 9.17) is 0 Å². The zero-order valence-corrected chi connectivity index (χ0v) is 12.9. The predicted molar refractivity (Wildman–Crippen MR) is 83.2 cm³/mol. The van der Waals surface area contributed by atoms with Gasteiger partial charge in [-0.15, -0.1) is 0 Å².